The molecule has 0 saturated carbocycles. The minimum absolute atomic E-state index is 0.115. The Morgan fingerprint density at radius 1 is 1.00 bits per heavy atom. The number of phenols is 1. The molecular weight excluding hydrogens is 484 g/mol. The van der Waals surface area contributed by atoms with Gasteiger partial charge in [0.05, 0.1) is 19.0 Å². The smallest absolute Gasteiger partial charge is 0.307 e. The third kappa shape index (κ3) is 6.22. The summed E-state index contributed by atoms with van der Waals surface area (Å²) < 4.78 is 6.77. The van der Waals surface area contributed by atoms with Crippen LogP contribution in [0.25, 0.3) is 10.9 Å². The fourth-order valence-corrected chi connectivity index (χ4v) is 3.82. The second-order valence-corrected chi connectivity index (χ2v) is 8.33. The number of phenolic OH excluding ortho intramolecular Hbond substituents is 1. The number of aromatic hydroxyl groups is 1. The van der Waals surface area contributed by atoms with Crippen molar-refractivity contribution in [2.45, 2.75) is 20.3 Å². The third-order valence-electron chi connectivity index (χ3n) is 5.35. The van der Waals surface area contributed by atoms with Crippen molar-refractivity contribution < 1.29 is 29.3 Å². The van der Waals surface area contributed by atoms with Gasteiger partial charge >= 0.3 is 5.97 Å². The highest BCUT2D eigenvalue weighted by Crippen LogP contribution is 2.30. The van der Waals surface area contributed by atoms with Crippen LogP contribution in [0.2, 0.25) is 5.02 Å². The fourth-order valence-electron chi connectivity index (χ4n) is 3.70. The third-order valence-corrected chi connectivity index (χ3v) is 5.60. The molecule has 0 bridgehead atoms. The van der Waals surface area contributed by atoms with Crippen molar-refractivity contribution in [3.8, 4) is 11.5 Å². The minimum atomic E-state index is -0.955. The van der Waals surface area contributed by atoms with E-state index in [2.05, 4.69) is 5.32 Å². The summed E-state index contributed by atoms with van der Waals surface area (Å²) in [4.78, 5) is 34.8. The lowest BCUT2D eigenvalue weighted by atomic mass is 10.1. The molecule has 1 aromatic heterocycles. The van der Waals surface area contributed by atoms with Gasteiger partial charge in [-0.05, 0) is 79.2 Å². The topological polar surface area (TPSA) is 118 Å². The Morgan fingerprint density at radius 2 is 1.64 bits per heavy atom. The molecule has 0 aliphatic heterocycles. The van der Waals surface area contributed by atoms with Crippen LogP contribution in [-0.4, -0.2) is 39.7 Å². The first-order valence-electron chi connectivity index (χ1n) is 10.9. The number of nitrogens with one attached hydrogen (secondary N) is 1. The van der Waals surface area contributed by atoms with Gasteiger partial charge in [-0.1, -0.05) is 11.6 Å². The molecule has 0 aliphatic carbocycles. The second-order valence-electron chi connectivity index (χ2n) is 7.89. The van der Waals surface area contributed by atoms with Gasteiger partial charge < -0.3 is 20.3 Å². The molecule has 9 heteroatoms. The second kappa shape index (κ2) is 11.4. The van der Waals surface area contributed by atoms with E-state index in [0.29, 0.717) is 44.2 Å². The Labute approximate surface area is 212 Å². The van der Waals surface area contributed by atoms with E-state index in [1.54, 1.807) is 68.6 Å². The van der Waals surface area contributed by atoms with Crippen LogP contribution in [0.15, 0.2) is 66.7 Å². The molecule has 0 unspecified atom stereocenters. The summed E-state index contributed by atoms with van der Waals surface area (Å²) in [6.07, 6.45) is -0.170. The maximum absolute atomic E-state index is 13.0. The number of hydrogen-bond donors (Lipinski definition) is 3. The number of hydrogen-bond acceptors (Lipinski definition) is 5. The Bertz CT molecular complexity index is 1410. The van der Waals surface area contributed by atoms with Crippen LogP contribution in [0.5, 0.6) is 11.5 Å². The molecule has 0 spiro atoms. The molecule has 4 rings (SSSR count). The maximum atomic E-state index is 13.0. The van der Waals surface area contributed by atoms with E-state index >= 15 is 0 Å². The largest absolute Gasteiger partial charge is 0.508 e. The van der Waals surface area contributed by atoms with Crippen LogP contribution in [0.4, 0.5) is 5.69 Å². The van der Waals surface area contributed by atoms with Crippen molar-refractivity contribution in [2.75, 3.05) is 12.4 Å². The van der Waals surface area contributed by atoms with Crippen LogP contribution < -0.4 is 10.1 Å². The van der Waals surface area contributed by atoms with Gasteiger partial charge in [0.1, 0.15) is 11.5 Å². The summed E-state index contributed by atoms with van der Waals surface area (Å²) in [7, 11) is 1.54. The van der Waals surface area contributed by atoms with Crippen molar-refractivity contribution >= 4 is 46.0 Å². The number of fused-ring (bicyclic) bond motifs is 1. The molecule has 1 heterocycles. The number of carboxylic acids is 1. The first-order valence-corrected chi connectivity index (χ1v) is 11.2. The fraction of sp³-hybridized carbons (Fsp3) is 0.148. The van der Waals surface area contributed by atoms with Crippen molar-refractivity contribution in [1.82, 2.24) is 4.57 Å². The average molecular weight is 509 g/mol. The van der Waals surface area contributed by atoms with Gasteiger partial charge in [0, 0.05) is 34.3 Å². The summed E-state index contributed by atoms with van der Waals surface area (Å²) in [6, 6.07) is 18.2. The first-order chi connectivity index (χ1) is 17.1. The summed E-state index contributed by atoms with van der Waals surface area (Å²) in [6.45, 7) is 3.19. The Morgan fingerprint density at radius 3 is 2.19 bits per heavy atom. The molecule has 36 heavy (non-hydrogen) atoms. The zero-order valence-corrected chi connectivity index (χ0v) is 20.7. The molecule has 186 valence electrons. The number of carbonyl (C=O) groups excluding carboxylic acids is 2. The van der Waals surface area contributed by atoms with E-state index in [9.17, 15) is 19.5 Å². The number of halogens is 1. The molecule has 3 N–H and O–H groups in total. The number of anilines is 1. The highest BCUT2D eigenvalue weighted by atomic mass is 35.5. The molecular formula is C27H25ClN2O6. The quantitative estimate of drug-likeness (QED) is 0.316. The van der Waals surface area contributed by atoms with Crippen molar-refractivity contribution in [3.63, 3.8) is 0 Å². The van der Waals surface area contributed by atoms with Crippen LogP contribution in [0, 0.1) is 6.92 Å². The van der Waals surface area contributed by atoms with Gasteiger partial charge in [-0.2, -0.15) is 0 Å². The first kappa shape index (κ1) is 26.3. The number of amides is 1. The van der Waals surface area contributed by atoms with Gasteiger partial charge in [-0.15, -0.1) is 0 Å². The van der Waals surface area contributed by atoms with Crippen molar-refractivity contribution in [3.05, 3.63) is 88.6 Å². The standard InChI is InChI=1S/C19H16ClNO4.C8H9NO2/c1-11-15(10-18(22)23)16-9-14(25-2)7-8-17(16)21(11)19(24)12-3-5-13(20)6-4-12;1-6(10)9-7-2-4-8(11)5-3-7/h3-9H,10H2,1-2H3,(H,22,23);2-5,11H,1H3,(H,9,10). The number of aromatic nitrogens is 1. The number of methoxy groups -OCH3 is 1. The number of rotatable bonds is 5. The Kier molecular flexibility index (Phi) is 8.34. The van der Waals surface area contributed by atoms with E-state index in [-0.39, 0.29) is 24.0 Å². The molecule has 0 saturated heterocycles. The average Bonchev–Trinajstić information content (AvgIpc) is 3.10. The number of nitrogens with zero attached hydrogens (tertiary/aromatic N) is 1. The molecule has 1 amide bonds. The lowest BCUT2D eigenvalue weighted by Crippen LogP contribution is -2.14. The summed E-state index contributed by atoms with van der Waals surface area (Å²) in [5.74, 6) is -0.505. The van der Waals surface area contributed by atoms with Crippen LogP contribution in [0.3, 0.4) is 0 Å². The normalized spacial score (nSPS) is 10.3. The van der Waals surface area contributed by atoms with E-state index in [0.717, 1.165) is 0 Å². The Hall–Kier alpha value is -4.30. The van der Waals surface area contributed by atoms with E-state index < -0.39 is 5.97 Å². The molecule has 0 aliphatic rings. The van der Waals surface area contributed by atoms with Gasteiger partial charge in [0.25, 0.3) is 5.91 Å². The predicted octanol–water partition coefficient (Wildman–Crippen LogP) is 5.28. The lowest BCUT2D eigenvalue weighted by Gasteiger charge is -2.08. The zero-order chi connectivity index (χ0) is 26.4. The van der Waals surface area contributed by atoms with E-state index in [1.165, 1.54) is 23.6 Å². The molecule has 0 fully saturated rings. The van der Waals surface area contributed by atoms with E-state index in [1.807, 2.05) is 0 Å². The molecule has 8 nitrogen and oxygen atoms in total. The molecule has 4 aromatic rings. The van der Waals surface area contributed by atoms with Gasteiger partial charge in [0.2, 0.25) is 5.91 Å². The SMILES string of the molecule is CC(=O)Nc1ccc(O)cc1.COc1ccc2c(c1)c(CC(=O)O)c(C)n2C(=O)c1ccc(Cl)cc1. The minimum Gasteiger partial charge on any atom is -0.508 e. The predicted molar refractivity (Wildman–Crippen MR) is 138 cm³/mol. The monoisotopic (exact) mass is 508 g/mol. The van der Waals surface area contributed by atoms with Crippen LogP contribution in [0.1, 0.15) is 28.5 Å². The van der Waals surface area contributed by atoms with Gasteiger partial charge in [-0.25, -0.2) is 0 Å². The van der Waals surface area contributed by atoms with Gasteiger partial charge in [-0.3, -0.25) is 19.0 Å². The zero-order valence-electron chi connectivity index (χ0n) is 19.9. The van der Waals surface area contributed by atoms with Crippen LogP contribution in [-0.2, 0) is 16.0 Å². The number of aliphatic carboxylic acids is 1. The number of carbonyl (C=O) groups is 3. The van der Waals surface area contributed by atoms with E-state index in [4.69, 9.17) is 21.4 Å². The number of carboxylic acid groups (broad SMARTS) is 1. The summed E-state index contributed by atoms with van der Waals surface area (Å²) >= 11 is 5.89. The maximum Gasteiger partial charge on any atom is 0.307 e. The number of ether oxygens (including phenoxy) is 1. The molecule has 0 radical (unpaired) electrons. The highest BCUT2D eigenvalue weighted by molar-refractivity contribution is 6.30. The lowest BCUT2D eigenvalue weighted by molar-refractivity contribution is -0.136. The van der Waals surface area contributed by atoms with Gasteiger partial charge in [0.15, 0.2) is 0 Å². The number of benzene rings is 3. The van der Waals surface area contributed by atoms with Crippen LogP contribution >= 0.6 is 11.6 Å². The molecule has 3 aromatic carbocycles. The summed E-state index contributed by atoms with van der Waals surface area (Å²) in [5, 5.41) is 21.9. The van der Waals surface area contributed by atoms with Crippen molar-refractivity contribution in [1.29, 1.82) is 0 Å². The summed E-state index contributed by atoms with van der Waals surface area (Å²) in [5.41, 5.74) is 3.02. The Balaban J connectivity index is 0.000000275. The van der Waals surface area contributed by atoms with Crippen molar-refractivity contribution in [2.24, 2.45) is 0 Å². The molecule has 0 atom stereocenters. The highest BCUT2D eigenvalue weighted by Gasteiger charge is 2.21.